The number of anilines is 2. The smallest absolute Gasteiger partial charge is 0.267 e. The van der Waals surface area contributed by atoms with Gasteiger partial charge in [-0.05, 0) is 63.2 Å². The van der Waals surface area contributed by atoms with Gasteiger partial charge in [-0.1, -0.05) is 0 Å². The van der Waals surface area contributed by atoms with E-state index in [0.717, 1.165) is 5.75 Å². The number of carbonyl (C=O) groups is 2. The van der Waals surface area contributed by atoms with Crippen molar-refractivity contribution >= 4 is 23.2 Å². The van der Waals surface area contributed by atoms with E-state index in [1.807, 2.05) is 13.8 Å². The molecule has 0 spiro atoms. The van der Waals surface area contributed by atoms with Gasteiger partial charge >= 0.3 is 0 Å². The molecule has 1 aliphatic heterocycles. The quantitative estimate of drug-likeness (QED) is 0.913. The largest absolute Gasteiger partial charge is 0.491 e. The molecule has 6 heteroatoms. The molecule has 1 atom stereocenters. The molecule has 0 fully saturated rings. The van der Waals surface area contributed by atoms with Crippen molar-refractivity contribution in [1.82, 2.24) is 0 Å². The number of hydrogen-bond donors (Lipinski definition) is 1. The molecule has 136 valence electrons. The minimum absolute atomic E-state index is 0.0785. The van der Waals surface area contributed by atoms with Crippen molar-refractivity contribution in [2.75, 3.05) is 17.3 Å². The Morgan fingerprint density at radius 1 is 1.19 bits per heavy atom. The van der Waals surface area contributed by atoms with Crippen LogP contribution in [0.15, 0.2) is 42.5 Å². The van der Waals surface area contributed by atoms with Crippen molar-refractivity contribution in [1.29, 1.82) is 0 Å². The number of fused-ring (bicyclic) bond motifs is 1. The molecule has 0 saturated heterocycles. The summed E-state index contributed by atoms with van der Waals surface area (Å²) in [6.45, 7) is 5.61. The highest BCUT2D eigenvalue weighted by Gasteiger charge is 2.29. The molecule has 1 N–H and O–H groups in total. The van der Waals surface area contributed by atoms with E-state index in [-0.39, 0.29) is 17.9 Å². The second kappa shape index (κ2) is 7.07. The zero-order valence-corrected chi connectivity index (χ0v) is 15.3. The molecule has 0 radical (unpaired) electrons. The lowest BCUT2D eigenvalue weighted by Gasteiger charge is -2.30. The number of ether oxygens (including phenoxy) is 2. The zero-order valence-electron chi connectivity index (χ0n) is 15.3. The van der Waals surface area contributed by atoms with E-state index in [1.54, 1.807) is 56.4 Å². The fourth-order valence-corrected chi connectivity index (χ4v) is 2.75. The molecule has 0 aliphatic carbocycles. The highest BCUT2D eigenvalue weighted by molar-refractivity contribution is 6.05. The van der Waals surface area contributed by atoms with Crippen LogP contribution in [0.2, 0.25) is 0 Å². The molecule has 0 bridgehead atoms. The van der Waals surface area contributed by atoms with Crippen molar-refractivity contribution in [2.45, 2.75) is 33.0 Å². The lowest BCUT2D eigenvalue weighted by molar-refractivity contribution is -0.125. The van der Waals surface area contributed by atoms with Crippen LogP contribution >= 0.6 is 0 Å². The number of rotatable bonds is 4. The molecule has 1 aliphatic rings. The van der Waals surface area contributed by atoms with Crippen LogP contribution in [0.1, 0.15) is 31.1 Å². The predicted molar refractivity (Wildman–Crippen MR) is 100 cm³/mol. The Kier molecular flexibility index (Phi) is 4.84. The number of nitrogens with one attached hydrogen (secondary N) is 1. The molecule has 0 saturated carbocycles. The van der Waals surface area contributed by atoms with Crippen LogP contribution in [0, 0.1) is 0 Å². The molecule has 2 aromatic rings. The minimum atomic E-state index is -0.514. The summed E-state index contributed by atoms with van der Waals surface area (Å²) in [5, 5.41) is 2.84. The maximum absolute atomic E-state index is 12.4. The van der Waals surface area contributed by atoms with Gasteiger partial charge < -0.3 is 19.7 Å². The van der Waals surface area contributed by atoms with Crippen LogP contribution in [0.3, 0.4) is 0 Å². The monoisotopic (exact) mass is 354 g/mol. The second-order valence-electron chi connectivity index (χ2n) is 6.48. The molecular formula is C20H22N2O4. The summed E-state index contributed by atoms with van der Waals surface area (Å²) in [7, 11) is 1.69. The van der Waals surface area contributed by atoms with Crippen LogP contribution < -0.4 is 19.7 Å². The van der Waals surface area contributed by atoms with E-state index >= 15 is 0 Å². The van der Waals surface area contributed by atoms with Crippen molar-refractivity contribution in [2.24, 2.45) is 0 Å². The van der Waals surface area contributed by atoms with E-state index in [9.17, 15) is 9.59 Å². The van der Waals surface area contributed by atoms with E-state index < -0.39 is 6.10 Å². The third kappa shape index (κ3) is 3.64. The van der Waals surface area contributed by atoms with Gasteiger partial charge in [-0.15, -0.1) is 0 Å². The van der Waals surface area contributed by atoms with Crippen LogP contribution in [-0.2, 0) is 4.79 Å². The summed E-state index contributed by atoms with van der Waals surface area (Å²) in [6.07, 6.45) is -0.436. The molecule has 2 amide bonds. The molecule has 0 aromatic heterocycles. The Labute approximate surface area is 152 Å². The van der Waals surface area contributed by atoms with Gasteiger partial charge in [-0.3, -0.25) is 9.59 Å². The summed E-state index contributed by atoms with van der Waals surface area (Å²) >= 11 is 0. The summed E-state index contributed by atoms with van der Waals surface area (Å²) in [5.74, 6) is 0.978. The number of carbonyl (C=O) groups excluding carboxylic acids is 2. The van der Waals surface area contributed by atoms with Gasteiger partial charge in [-0.2, -0.15) is 0 Å². The fourth-order valence-electron chi connectivity index (χ4n) is 2.75. The first-order valence-electron chi connectivity index (χ1n) is 8.51. The van der Waals surface area contributed by atoms with Crippen LogP contribution in [-0.4, -0.2) is 31.1 Å². The van der Waals surface area contributed by atoms with E-state index in [1.165, 1.54) is 4.90 Å². The van der Waals surface area contributed by atoms with Gasteiger partial charge in [0.2, 0.25) is 0 Å². The molecule has 2 aromatic carbocycles. The highest BCUT2D eigenvalue weighted by Crippen LogP contribution is 2.35. The van der Waals surface area contributed by atoms with Crippen molar-refractivity contribution in [3.8, 4) is 11.5 Å². The predicted octanol–water partition coefficient (Wildman–Crippen LogP) is 3.47. The molecule has 3 rings (SSSR count). The highest BCUT2D eigenvalue weighted by atomic mass is 16.5. The third-order valence-corrected chi connectivity index (χ3v) is 4.05. The van der Waals surface area contributed by atoms with Gasteiger partial charge in [-0.25, -0.2) is 0 Å². The van der Waals surface area contributed by atoms with Crippen LogP contribution in [0.5, 0.6) is 11.5 Å². The van der Waals surface area contributed by atoms with Crippen LogP contribution in [0.4, 0.5) is 11.4 Å². The summed E-state index contributed by atoms with van der Waals surface area (Å²) in [4.78, 5) is 26.0. The molecule has 6 nitrogen and oxygen atoms in total. The van der Waals surface area contributed by atoms with E-state index in [2.05, 4.69) is 5.32 Å². The SMILES string of the molecule is CC(C)Oc1ccc(C(=O)Nc2ccc3c(c2)N(C)C(=O)[C@H](C)O3)cc1. The number of benzene rings is 2. The summed E-state index contributed by atoms with van der Waals surface area (Å²) in [6, 6.07) is 12.2. The Bertz CT molecular complexity index is 830. The van der Waals surface area contributed by atoms with Crippen molar-refractivity contribution in [3.63, 3.8) is 0 Å². The number of likely N-dealkylation sites (N-methyl/N-ethyl adjacent to an activating group) is 1. The minimum Gasteiger partial charge on any atom is -0.491 e. The average Bonchev–Trinajstić information content (AvgIpc) is 2.60. The van der Waals surface area contributed by atoms with Gasteiger partial charge in [0.05, 0.1) is 11.8 Å². The van der Waals surface area contributed by atoms with Crippen molar-refractivity contribution < 1.29 is 19.1 Å². The maximum Gasteiger partial charge on any atom is 0.267 e. The van der Waals surface area contributed by atoms with Gasteiger partial charge in [0.1, 0.15) is 11.5 Å². The topological polar surface area (TPSA) is 67.9 Å². The maximum atomic E-state index is 12.4. The van der Waals surface area contributed by atoms with Gasteiger partial charge in [0.15, 0.2) is 6.10 Å². The first kappa shape index (κ1) is 17.8. The molecule has 1 heterocycles. The van der Waals surface area contributed by atoms with E-state index in [4.69, 9.17) is 9.47 Å². The fraction of sp³-hybridized carbons (Fsp3) is 0.300. The number of amides is 2. The zero-order chi connectivity index (χ0) is 18.8. The Hall–Kier alpha value is -3.02. The number of nitrogens with zero attached hydrogens (tertiary/aromatic N) is 1. The molecule has 26 heavy (non-hydrogen) atoms. The lowest BCUT2D eigenvalue weighted by Crippen LogP contribution is -2.41. The summed E-state index contributed by atoms with van der Waals surface area (Å²) < 4.78 is 11.2. The third-order valence-electron chi connectivity index (χ3n) is 4.05. The average molecular weight is 354 g/mol. The first-order valence-corrected chi connectivity index (χ1v) is 8.51. The van der Waals surface area contributed by atoms with Gasteiger partial charge in [0, 0.05) is 18.3 Å². The Morgan fingerprint density at radius 3 is 2.54 bits per heavy atom. The van der Waals surface area contributed by atoms with Crippen LogP contribution in [0.25, 0.3) is 0 Å². The molecule has 0 unspecified atom stereocenters. The number of hydrogen-bond acceptors (Lipinski definition) is 4. The first-order chi connectivity index (χ1) is 12.3. The molecular weight excluding hydrogens is 332 g/mol. The Morgan fingerprint density at radius 2 is 1.88 bits per heavy atom. The van der Waals surface area contributed by atoms with Crippen molar-refractivity contribution in [3.05, 3.63) is 48.0 Å². The lowest BCUT2D eigenvalue weighted by atomic mass is 10.1. The Balaban J connectivity index is 1.75. The van der Waals surface area contributed by atoms with Gasteiger partial charge in [0.25, 0.3) is 11.8 Å². The second-order valence-corrected chi connectivity index (χ2v) is 6.48. The summed E-state index contributed by atoms with van der Waals surface area (Å²) in [5.41, 5.74) is 1.74. The standard InChI is InChI=1S/C20H22N2O4/c1-12(2)25-16-8-5-14(6-9-16)19(23)21-15-7-10-18-17(11-15)22(4)20(24)13(3)26-18/h5-13H,1-4H3,(H,21,23)/t13-/m0/s1. The van der Waals surface area contributed by atoms with E-state index in [0.29, 0.717) is 22.7 Å². The normalized spacial score (nSPS) is 16.1.